The summed E-state index contributed by atoms with van der Waals surface area (Å²) < 4.78 is 4.36. The Hall–Kier alpha value is -4.89. The Kier molecular flexibility index (Phi) is 4.15. The van der Waals surface area contributed by atoms with E-state index in [1.807, 2.05) is 0 Å². The molecule has 0 amide bonds. The molecule has 0 aliphatic heterocycles. The number of nitrogens with zero attached hydrogens (tertiary/aromatic N) is 3. The summed E-state index contributed by atoms with van der Waals surface area (Å²) >= 11 is 0. The average molecular weight is 474 g/mol. The smallest absolute Gasteiger partial charge is 0.0934 e. The molecule has 0 saturated carbocycles. The van der Waals surface area contributed by atoms with Crippen molar-refractivity contribution in [3.8, 4) is 22.4 Å². The largest absolute Gasteiger partial charge is 0.344 e. The number of pyridine rings is 1. The molecule has 0 atom stereocenters. The van der Waals surface area contributed by atoms with Crippen molar-refractivity contribution in [3.05, 3.63) is 121 Å². The summed E-state index contributed by atoms with van der Waals surface area (Å²) in [5, 5.41) is 11.3. The van der Waals surface area contributed by atoms with E-state index in [1.165, 1.54) is 49.1 Å². The maximum atomic E-state index is 5.06. The molecule has 3 heterocycles. The van der Waals surface area contributed by atoms with Crippen LogP contribution in [0.15, 0.2) is 121 Å². The highest BCUT2D eigenvalue weighted by Crippen LogP contribution is 2.34. The summed E-state index contributed by atoms with van der Waals surface area (Å²) in [6.07, 6.45) is 0. The lowest BCUT2D eigenvalue weighted by Gasteiger charge is -2.07. The predicted molar refractivity (Wildman–Crippen MR) is 155 cm³/mol. The normalized spacial score (nSPS) is 11.9. The first kappa shape index (κ1) is 20.3. The summed E-state index contributed by atoms with van der Waals surface area (Å²) in [6, 6.07) is 43.5. The standard InChI is InChI=1S/C34H23N3/c1-36-31-12-6-4-11-28(31)29-20-24(18-19-32(29)36)22-14-16-23(17-15-22)30-21-34-27-10-3-2-8-25(27)26-9-5-7-13-33(26)37(34)35-30/h2-21H,1H3. The van der Waals surface area contributed by atoms with Gasteiger partial charge in [-0.15, -0.1) is 0 Å². The van der Waals surface area contributed by atoms with Crippen molar-refractivity contribution in [3.63, 3.8) is 0 Å². The van der Waals surface area contributed by atoms with E-state index < -0.39 is 0 Å². The molecule has 0 aliphatic carbocycles. The number of aromatic nitrogens is 3. The number of hydrogen-bond donors (Lipinski definition) is 0. The third-order valence-corrected chi connectivity index (χ3v) is 7.76. The summed E-state index contributed by atoms with van der Waals surface area (Å²) in [6.45, 7) is 0. The molecule has 174 valence electrons. The van der Waals surface area contributed by atoms with Crippen LogP contribution in [0, 0.1) is 0 Å². The van der Waals surface area contributed by atoms with E-state index in [-0.39, 0.29) is 0 Å². The van der Waals surface area contributed by atoms with Crippen molar-refractivity contribution in [1.82, 2.24) is 14.2 Å². The van der Waals surface area contributed by atoms with E-state index in [4.69, 9.17) is 5.10 Å². The van der Waals surface area contributed by atoms with Crippen LogP contribution in [0.2, 0.25) is 0 Å². The van der Waals surface area contributed by atoms with Crippen LogP contribution in [0.5, 0.6) is 0 Å². The molecule has 5 aromatic carbocycles. The van der Waals surface area contributed by atoms with Gasteiger partial charge < -0.3 is 4.57 Å². The van der Waals surface area contributed by atoms with E-state index in [0.717, 1.165) is 22.3 Å². The second-order valence-electron chi connectivity index (χ2n) is 9.77. The van der Waals surface area contributed by atoms with Crippen molar-refractivity contribution in [2.45, 2.75) is 0 Å². The van der Waals surface area contributed by atoms with Crippen LogP contribution in [-0.4, -0.2) is 14.2 Å². The molecule has 0 fully saturated rings. The highest BCUT2D eigenvalue weighted by molar-refractivity contribution is 6.13. The summed E-state index contributed by atoms with van der Waals surface area (Å²) in [7, 11) is 2.14. The SMILES string of the molecule is Cn1c2ccccc2c2cc(-c3ccc(-c4cc5c6ccccc6c6ccccc6n5n4)cc3)ccc21. The quantitative estimate of drug-likeness (QED) is 0.230. The second-order valence-corrected chi connectivity index (χ2v) is 9.77. The minimum absolute atomic E-state index is 0.984. The molecular weight excluding hydrogens is 450 g/mol. The van der Waals surface area contributed by atoms with E-state index in [9.17, 15) is 0 Å². The fourth-order valence-corrected chi connectivity index (χ4v) is 5.91. The first-order valence-electron chi connectivity index (χ1n) is 12.6. The van der Waals surface area contributed by atoms with Crippen LogP contribution in [0.4, 0.5) is 0 Å². The van der Waals surface area contributed by atoms with Crippen molar-refractivity contribution < 1.29 is 0 Å². The highest BCUT2D eigenvalue weighted by Gasteiger charge is 2.13. The minimum Gasteiger partial charge on any atom is -0.344 e. The molecule has 37 heavy (non-hydrogen) atoms. The van der Waals surface area contributed by atoms with Crippen LogP contribution in [0.1, 0.15) is 0 Å². The molecular formula is C34H23N3. The fraction of sp³-hybridized carbons (Fsp3) is 0.0294. The van der Waals surface area contributed by atoms with Gasteiger partial charge in [0.1, 0.15) is 0 Å². The van der Waals surface area contributed by atoms with Crippen LogP contribution in [0.3, 0.4) is 0 Å². The van der Waals surface area contributed by atoms with Gasteiger partial charge in [0, 0.05) is 45.2 Å². The topological polar surface area (TPSA) is 22.2 Å². The Labute approximate surface area is 213 Å². The molecule has 0 unspecified atom stereocenters. The lowest BCUT2D eigenvalue weighted by Crippen LogP contribution is -1.92. The van der Waals surface area contributed by atoms with E-state index in [1.54, 1.807) is 0 Å². The number of para-hydroxylation sites is 2. The molecule has 0 spiro atoms. The van der Waals surface area contributed by atoms with E-state index in [2.05, 4.69) is 137 Å². The van der Waals surface area contributed by atoms with Gasteiger partial charge in [-0.2, -0.15) is 5.10 Å². The monoisotopic (exact) mass is 473 g/mol. The zero-order chi connectivity index (χ0) is 24.5. The third kappa shape index (κ3) is 2.91. The number of aryl methyl sites for hydroxylation is 1. The molecule has 0 radical (unpaired) electrons. The lowest BCUT2D eigenvalue weighted by molar-refractivity contribution is 1.01. The predicted octanol–water partition coefficient (Wildman–Crippen LogP) is 8.62. The molecule has 0 N–H and O–H groups in total. The van der Waals surface area contributed by atoms with Gasteiger partial charge in [-0.25, -0.2) is 4.52 Å². The van der Waals surface area contributed by atoms with Crippen LogP contribution >= 0.6 is 0 Å². The molecule has 0 bridgehead atoms. The van der Waals surface area contributed by atoms with Gasteiger partial charge >= 0.3 is 0 Å². The van der Waals surface area contributed by atoms with E-state index >= 15 is 0 Å². The van der Waals surface area contributed by atoms with Gasteiger partial charge in [0.25, 0.3) is 0 Å². The Balaban J connectivity index is 1.25. The average Bonchev–Trinajstić information content (AvgIpc) is 3.54. The van der Waals surface area contributed by atoms with Crippen molar-refractivity contribution in [2.75, 3.05) is 0 Å². The molecule has 8 aromatic rings. The molecule has 0 saturated heterocycles. The molecule has 3 aromatic heterocycles. The maximum Gasteiger partial charge on any atom is 0.0934 e. The Morgan fingerprint density at radius 1 is 0.432 bits per heavy atom. The molecule has 3 heteroatoms. The van der Waals surface area contributed by atoms with Gasteiger partial charge in [0.05, 0.1) is 16.7 Å². The second kappa shape index (κ2) is 7.55. The van der Waals surface area contributed by atoms with E-state index in [0.29, 0.717) is 0 Å². The maximum absolute atomic E-state index is 5.06. The summed E-state index contributed by atoms with van der Waals surface area (Å²) in [5.74, 6) is 0. The van der Waals surface area contributed by atoms with Gasteiger partial charge in [0.2, 0.25) is 0 Å². The summed E-state index contributed by atoms with van der Waals surface area (Å²) in [5.41, 5.74) is 9.31. The molecule has 3 nitrogen and oxygen atoms in total. The van der Waals surface area contributed by atoms with Gasteiger partial charge in [-0.1, -0.05) is 91.0 Å². The first-order chi connectivity index (χ1) is 18.3. The van der Waals surface area contributed by atoms with Gasteiger partial charge in [0.15, 0.2) is 0 Å². The Morgan fingerprint density at radius 3 is 1.73 bits per heavy atom. The number of benzene rings is 5. The Bertz CT molecular complexity index is 2070. The highest BCUT2D eigenvalue weighted by atomic mass is 15.2. The van der Waals surface area contributed by atoms with Crippen LogP contribution < -0.4 is 0 Å². The summed E-state index contributed by atoms with van der Waals surface area (Å²) in [4.78, 5) is 0. The zero-order valence-electron chi connectivity index (χ0n) is 20.4. The lowest BCUT2D eigenvalue weighted by atomic mass is 10.0. The first-order valence-corrected chi connectivity index (χ1v) is 12.6. The third-order valence-electron chi connectivity index (χ3n) is 7.76. The minimum atomic E-state index is 0.984. The zero-order valence-corrected chi connectivity index (χ0v) is 20.4. The molecule has 0 aliphatic rings. The van der Waals surface area contributed by atoms with Crippen molar-refractivity contribution >= 4 is 49.0 Å². The van der Waals surface area contributed by atoms with Gasteiger partial charge in [-0.3, -0.25) is 0 Å². The number of rotatable bonds is 2. The fourth-order valence-electron chi connectivity index (χ4n) is 5.91. The van der Waals surface area contributed by atoms with Crippen molar-refractivity contribution in [2.24, 2.45) is 7.05 Å². The van der Waals surface area contributed by atoms with Crippen LogP contribution in [-0.2, 0) is 7.05 Å². The molecule has 8 rings (SSSR count). The number of fused-ring (bicyclic) bond motifs is 9. The number of hydrogen-bond acceptors (Lipinski definition) is 1. The van der Waals surface area contributed by atoms with Gasteiger partial charge in [-0.05, 0) is 46.8 Å². The Morgan fingerprint density at radius 2 is 0.973 bits per heavy atom. The van der Waals surface area contributed by atoms with Crippen molar-refractivity contribution in [1.29, 1.82) is 0 Å². The van der Waals surface area contributed by atoms with Crippen LogP contribution in [0.25, 0.3) is 71.4 Å².